The van der Waals surface area contributed by atoms with Crippen molar-refractivity contribution in [2.75, 3.05) is 20.2 Å². The van der Waals surface area contributed by atoms with Crippen LogP contribution in [0.1, 0.15) is 35.2 Å². The van der Waals surface area contributed by atoms with Crippen molar-refractivity contribution >= 4 is 21.9 Å². The molecule has 0 saturated carbocycles. The van der Waals surface area contributed by atoms with Gasteiger partial charge in [-0.1, -0.05) is 30.3 Å². The van der Waals surface area contributed by atoms with Crippen molar-refractivity contribution in [2.24, 2.45) is 0 Å². The SMILES string of the molecule is COC(=O)c1ccc(S(=O)(=O)N2CCC(NC(=O)CCc3ccccc3)CC2)cc1. The van der Waals surface area contributed by atoms with Gasteiger partial charge >= 0.3 is 5.97 Å². The Hall–Kier alpha value is -2.71. The van der Waals surface area contributed by atoms with Gasteiger partial charge < -0.3 is 10.1 Å². The van der Waals surface area contributed by atoms with Gasteiger partial charge in [0, 0.05) is 25.6 Å². The zero-order chi connectivity index (χ0) is 21.6. The van der Waals surface area contributed by atoms with Crippen LogP contribution in [0.25, 0.3) is 0 Å². The van der Waals surface area contributed by atoms with Gasteiger partial charge in [-0.2, -0.15) is 4.31 Å². The minimum Gasteiger partial charge on any atom is -0.465 e. The van der Waals surface area contributed by atoms with Crippen LogP contribution in [0.4, 0.5) is 0 Å². The molecule has 1 saturated heterocycles. The van der Waals surface area contributed by atoms with Crippen LogP contribution < -0.4 is 5.32 Å². The van der Waals surface area contributed by atoms with Crippen LogP contribution in [-0.4, -0.2) is 50.8 Å². The Morgan fingerprint density at radius 3 is 2.27 bits per heavy atom. The second kappa shape index (κ2) is 9.86. The third kappa shape index (κ3) is 5.46. The molecule has 3 rings (SSSR count). The molecule has 0 atom stereocenters. The van der Waals surface area contributed by atoms with Crippen molar-refractivity contribution in [3.63, 3.8) is 0 Å². The van der Waals surface area contributed by atoms with Crippen LogP contribution in [0.3, 0.4) is 0 Å². The van der Waals surface area contributed by atoms with Gasteiger partial charge in [0.2, 0.25) is 15.9 Å². The largest absolute Gasteiger partial charge is 0.465 e. The number of ether oxygens (including phenoxy) is 1. The summed E-state index contributed by atoms with van der Waals surface area (Å²) >= 11 is 0. The lowest BCUT2D eigenvalue weighted by atomic mass is 10.1. The van der Waals surface area contributed by atoms with E-state index in [1.54, 1.807) is 0 Å². The van der Waals surface area contributed by atoms with Gasteiger partial charge in [-0.25, -0.2) is 13.2 Å². The highest BCUT2D eigenvalue weighted by atomic mass is 32.2. The van der Waals surface area contributed by atoms with Gasteiger partial charge in [0.05, 0.1) is 17.6 Å². The van der Waals surface area contributed by atoms with E-state index in [0.29, 0.717) is 44.3 Å². The predicted octanol–water partition coefficient (Wildman–Crippen LogP) is 2.38. The van der Waals surface area contributed by atoms with E-state index < -0.39 is 16.0 Å². The van der Waals surface area contributed by atoms with Gasteiger partial charge in [-0.05, 0) is 49.1 Å². The van der Waals surface area contributed by atoms with Crippen LogP contribution in [-0.2, 0) is 26.0 Å². The van der Waals surface area contributed by atoms with Crippen LogP contribution in [0, 0.1) is 0 Å². The maximum Gasteiger partial charge on any atom is 0.337 e. The number of methoxy groups -OCH3 is 1. The number of carbonyl (C=O) groups is 2. The van der Waals surface area contributed by atoms with E-state index in [0.717, 1.165) is 5.56 Å². The van der Waals surface area contributed by atoms with E-state index in [1.165, 1.54) is 35.7 Å². The number of rotatable bonds is 7. The van der Waals surface area contributed by atoms with E-state index >= 15 is 0 Å². The summed E-state index contributed by atoms with van der Waals surface area (Å²) < 4.78 is 31.8. The standard InChI is InChI=1S/C22H26N2O5S/c1-29-22(26)18-8-10-20(11-9-18)30(27,28)24-15-13-19(14-16-24)23-21(25)12-7-17-5-3-2-4-6-17/h2-6,8-11,19H,7,12-16H2,1H3,(H,23,25). The van der Waals surface area contributed by atoms with E-state index in [9.17, 15) is 18.0 Å². The number of hydrogen-bond acceptors (Lipinski definition) is 5. The number of aryl methyl sites for hydroxylation is 1. The summed E-state index contributed by atoms with van der Waals surface area (Å²) in [7, 11) is -2.37. The maximum atomic E-state index is 12.8. The second-order valence-corrected chi connectivity index (χ2v) is 9.19. The lowest BCUT2D eigenvalue weighted by Gasteiger charge is -2.31. The van der Waals surface area contributed by atoms with Crippen LogP contribution in [0.15, 0.2) is 59.5 Å². The highest BCUT2D eigenvalue weighted by Gasteiger charge is 2.30. The number of nitrogens with one attached hydrogen (secondary N) is 1. The Bertz CT molecular complexity index is 966. The molecule has 1 aliphatic heterocycles. The molecule has 0 bridgehead atoms. The number of amides is 1. The molecule has 0 spiro atoms. The molecule has 0 aromatic heterocycles. The average Bonchev–Trinajstić information content (AvgIpc) is 2.78. The molecule has 0 aliphatic carbocycles. The number of hydrogen-bond donors (Lipinski definition) is 1. The fourth-order valence-corrected chi connectivity index (χ4v) is 4.94. The zero-order valence-electron chi connectivity index (χ0n) is 16.9. The fraction of sp³-hybridized carbons (Fsp3) is 0.364. The highest BCUT2D eigenvalue weighted by molar-refractivity contribution is 7.89. The first kappa shape index (κ1) is 22.0. The molecule has 0 radical (unpaired) electrons. The molecule has 1 heterocycles. The monoisotopic (exact) mass is 430 g/mol. The summed E-state index contributed by atoms with van der Waals surface area (Å²) in [6.07, 6.45) is 2.23. The molecule has 2 aromatic carbocycles. The molecule has 1 fully saturated rings. The van der Waals surface area contributed by atoms with E-state index in [-0.39, 0.29) is 16.8 Å². The molecule has 8 heteroatoms. The van der Waals surface area contributed by atoms with Gasteiger partial charge in [0.1, 0.15) is 0 Å². The molecule has 30 heavy (non-hydrogen) atoms. The Morgan fingerprint density at radius 1 is 1.03 bits per heavy atom. The fourth-order valence-electron chi connectivity index (χ4n) is 3.47. The Labute approximate surface area is 177 Å². The van der Waals surface area contributed by atoms with E-state index in [1.807, 2.05) is 30.3 Å². The molecule has 1 amide bonds. The lowest BCUT2D eigenvalue weighted by molar-refractivity contribution is -0.122. The zero-order valence-corrected chi connectivity index (χ0v) is 17.7. The van der Waals surface area contributed by atoms with Gasteiger partial charge in [-0.3, -0.25) is 4.79 Å². The van der Waals surface area contributed by atoms with E-state index in [2.05, 4.69) is 10.1 Å². The van der Waals surface area contributed by atoms with Gasteiger partial charge in [0.15, 0.2) is 0 Å². The molecule has 2 aromatic rings. The molecule has 160 valence electrons. The van der Waals surface area contributed by atoms with Crippen molar-refractivity contribution in [1.82, 2.24) is 9.62 Å². The second-order valence-electron chi connectivity index (χ2n) is 7.25. The topological polar surface area (TPSA) is 92.8 Å². The summed E-state index contributed by atoms with van der Waals surface area (Å²) in [4.78, 5) is 23.9. The summed E-state index contributed by atoms with van der Waals surface area (Å²) in [5.41, 5.74) is 1.42. The van der Waals surface area contributed by atoms with Crippen molar-refractivity contribution in [3.8, 4) is 0 Å². The molecule has 1 N–H and O–H groups in total. The molecular weight excluding hydrogens is 404 g/mol. The number of nitrogens with zero attached hydrogens (tertiary/aromatic N) is 1. The summed E-state index contributed by atoms with van der Waals surface area (Å²) in [6, 6.07) is 15.5. The Kier molecular flexibility index (Phi) is 7.23. The number of esters is 1. The molecule has 0 unspecified atom stereocenters. The first-order chi connectivity index (χ1) is 14.4. The van der Waals surface area contributed by atoms with Gasteiger partial charge in [-0.15, -0.1) is 0 Å². The van der Waals surface area contributed by atoms with Gasteiger partial charge in [0.25, 0.3) is 0 Å². The highest BCUT2D eigenvalue weighted by Crippen LogP contribution is 2.21. The Balaban J connectivity index is 1.50. The van der Waals surface area contributed by atoms with E-state index in [4.69, 9.17) is 0 Å². The number of benzene rings is 2. The molecule has 1 aliphatic rings. The quantitative estimate of drug-likeness (QED) is 0.681. The van der Waals surface area contributed by atoms with Crippen LogP contribution in [0.5, 0.6) is 0 Å². The lowest BCUT2D eigenvalue weighted by Crippen LogP contribution is -2.46. The summed E-state index contributed by atoms with van der Waals surface area (Å²) in [6.45, 7) is 0.676. The molecular formula is C22H26N2O5S. The third-order valence-corrected chi connectivity index (χ3v) is 7.13. The van der Waals surface area contributed by atoms with Crippen LogP contribution >= 0.6 is 0 Å². The Morgan fingerprint density at radius 2 is 1.67 bits per heavy atom. The maximum absolute atomic E-state index is 12.8. The van der Waals surface area contributed by atoms with Crippen molar-refractivity contribution in [1.29, 1.82) is 0 Å². The number of piperidine rings is 1. The minimum absolute atomic E-state index is 0.0152. The first-order valence-corrected chi connectivity index (χ1v) is 11.4. The van der Waals surface area contributed by atoms with Crippen molar-refractivity contribution in [2.45, 2.75) is 36.6 Å². The third-order valence-electron chi connectivity index (χ3n) is 5.22. The first-order valence-electron chi connectivity index (χ1n) is 9.92. The minimum atomic E-state index is -3.64. The smallest absolute Gasteiger partial charge is 0.337 e. The summed E-state index contributed by atoms with van der Waals surface area (Å²) in [5.74, 6) is -0.527. The molecule has 7 nitrogen and oxygen atoms in total. The van der Waals surface area contributed by atoms with Crippen molar-refractivity contribution < 1.29 is 22.7 Å². The normalized spacial score (nSPS) is 15.5. The average molecular weight is 431 g/mol. The number of carbonyl (C=O) groups excluding carboxylic acids is 2. The predicted molar refractivity (Wildman–Crippen MR) is 112 cm³/mol. The van der Waals surface area contributed by atoms with Crippen molar-refractivity contribution in [3.05, 3.63) is 65.7 Å². The van der Waals surface area contributed by atoms with Crippen LogP contribution in [0.2, 0.25) is 0 Å². The number of sulfonamides is 1. The summed E-state index contributed by atoms with van der Waals surface area (Å²) in [5, 5.41) is 3.02.